The van der Waals surface area contributed by atoms with Crippen LogP contribution in [0.1, 0.15) is 16.7 Å². The zero-order chi connectivity index (χ0) is 13.5. The lowest BCUT2D eigenvalue weighted by Gasteiger charge is -2.17. The van der Waals surface area contributed by atoms with Crippen molar-refractivity contribution in [2.75, 3.05) is 13.6 Å². The second kappa shape index (κ2) is 6.67. The highest BCUT2D eigenvalue weighted by Crippen LogP contribution is 2.10. The van der Waals surface area contributed by atoms with Gasteiger partial charge >= 0.3 is 0 Å². The Balaban J connectivity index is 1.91. The van der Waals surface area contributed by atoms with Gasteiger partial charge in [0.15, 0.2) is 0 Å². The van der Waals surface area contributed by atoms with Gasteiger partial charge in [0.1, 0.15) is 0 Å². The fraction of sp³-hybridized carbons (Fsp3) is 0.250. The molecule has 2 rings (SSSR count). The molecular weight excluding hydrogens is 234 g/mol. The summed E-state index contributed by atoms with van der Waals surface area (Å²) in [5.74, 6) is 0. The molecule has 0 aliphatic carbocycles. The van der Waals surface area contributed by atoms with Crippen molar-refractivity contribution in [3.05, 3.63) is 65.5 Å². The van der Waals surface area contributed by atoms with E-state index >= 15 is 0 Å². The van der Waals surface area contributed by atoms with Crippen molar-refractivity contribution in [2.45, 2.75) is 13.0 Å². The topological polar surface area (TPSA) is 39.9 Å². The first kappa shape index (κ1) is 13.3. The number of likely N-dealkylation sites (N-methyl/N-ethyl adjacent to an activating group) is 1. The Bertz CT molecular complexity index is 558. The van der Waals surface area contributed by atoms with Gasteiger partial charge in [0.25, 0.3) is 0 Å². The summed E-state index contributed by atoms with van der Waals surface area (Å²) in [6.45, 7) is 1.76. The molecule has 2 aromatic rings. The van der Waals surface area contributed by atoms with E-state index in [0.717, 1.165) is 30.6 Å². The third-order valence-electron chi connectivity index (χ3n) is 3.11. The lowest BCUT2D eigenvalue weighted by atomic mass is 10.1. The van der Waals surface area contributed by atoms with E-state index in [9.17, 15) is 0 Å². The number of hydrogen-bond donors (Lipinski definition) is 0. The summed E-state index contributed by atoms with van der Waals surface area (Å²) in [6.07, 6.45) is 4.63. The molecule has 0 saturated carbocycles. The summed E-state index contributed by atoms with van der Waals surface area (Å²) in [5.41, 5.74) is 3.14. The summed E-state index contributed by atoms with van der Waals surface area (Å²) in [4.78, 5) is 6.25. The average molecular weight is 251 g/mol. The van der Waals surface area contributed by atoms with E-state index in [0.29, 0.717) is 0 Å². The summed E-state index contributed by atoms with van der Waals surface area (Å²) < 4.78 is 0. The van der Waals surface area contributed by atoms with Gasteiger partial charge in [-0.2, -0.15) is 5.26 Å². The van der Waals surface area contributed by atoms with E-state index in [1.165, 1.54) is 5.56 Å². The van der Waals surface area contributed by atoms with Crippen LogP contribution in [0.4, 0.5) is 0 Å². The molecule has 0 aliphatic rings. The molecule has 1 heterocycles. The minimum Gasteiger partial charge on any atom is -0.302 e. The van der Waals surface area contributed by atoms with Gasteiger partial charge in [-0.25, -0.2) is 0 Å². The molecule has 0 atom stereocenters. The molecule has 0 fully saturated rings. The first-order valence-corrected chi connectivity index (χ1v) is 6.35. The second-order valence-electron chi connectivity index (χ2n) is 4.61. The molecule has 19 heavy (non-hydrogen) atoms. The van der Waals surface area contributed by atoms with E-state index in [1.807, 2.05) is 48.8 Å². The molecule has 1 aromatic heterocycles. The number of hydrogen-bond acceptors (Lipinski definition) is 3. The van der Waals surface area contributed by atoms with E-state index in [1.54, 1.807) is 0 Å². The molecule has 96 valence electrons. The van der Waals surface area contributed by atoms with Crippen LogP contribution in [0.2, 0.25) is 0 Å². The van der Waals surface area contributed by atoms with Crippen LogP contribution in [-0.2, 0) is 13.0 Å². The van der Waals surface area contributed by atoms with Gasteiger partial charge in [0.05, 0.1) is 11.6 Å². The molecule has 3 heteroatoms. The van der Waals surface area contributed by atoms with Crippen LogP contribution in [0.15, 0.2) is 48.8 Å². The highest BCUT2D eigenvalue weighted by Gasteiger charge is 2.05. The van der Waals surface area contributed by atoms with Crippen LogP contribution in [0, 0.1) is 11.3 Å². The van der Waals surface area contributed by atoms with Crippen molar-refractivity contribution in [3.63, 3.8) is 0 Å². The molecule has 0 unspecified atom stereocenters. The predicted octanol–water partition coefficient (Wildman–Crippen LogP) is 2.63. The molecule has 1 aromatic carbocycles. The maximum Gasteiger partial charge on any atom is 0.0995 e. The summed E-state index contributed by atoms with van der Waals surface area (Å²) in [7, 11) is 2.08. The first-order chi connectivity index (χ1) is 9.29. The Morgan fingerprint density at radius 1 is 1.16 bits per heavy atom. The van der Waals surface area contributed by atoms with Crippen LogP contribution in [-0.4, -0.2) is 23.5 Å². The third-order valence-corrected chi connectivity index (χ3v) is 3.11. The molecular formula is C16H17N3. The SMILES string of the molecule is CN(CCc1ccncc1)Cc1ccccc1C#N. The minimum absolute atomic E-state index is 0.762. The van der Waals surface area contributed by atoms with Gasteiger partial charge in [0, 0.05) is 25.5 Å². The standard InChI is InChI=1S/C16H17N3/c1-19(11-8-14-6-9-18-10-7-14)13-16-5-3-2-4-15(16)12-17/h2-7,9-10H,8,11,13H2,1H3. The average Bonchev–Trinajstić information content (AvgIpc) is 2.47. The summed E-state index contributed by atoms with van der Waals surface area (Å²) in [5, 5.41) is 9.06. The van der Waals surface area contributed by atoms with Crippen molar-refractivity contribution in [2.24, 2.45) is 0 Å². The minimum atomic E-state index is 0.762. The molecule has 0 radical (unpaired) electrons. The van der Waals surface area contributed by atoms with Crippen LogP contribution in [0.5, 0.6) is 0 Å². The van der Waals surface area contributed by atoms with Gasteiger partial charge < -0.3 is 4.90 Å². The van der Waals surface area contributed by atoms with Gasteiger partial charge in [-0.1, -0.05) is 18.2 Å². The normalized spacial score (nSPS) is 10.4. The summed E-state index contributed by atoms with van der Waals surface area (Å²) >= 11 is 0. The molecule has 0 aliphatic heterocycles. The summed E-state index contributed by atoms with van der Waals surface area (Å²) in [6, 6.07) is 14.1. The lowest BCUT2D eigenvalue weighted by molar-refractivity contribution is 0.331. The molecule has 0 spiro atoms. The Morgan fingerprint density at radius 3 is 2.63 bits per heavy atom. The van der Waals surface area contributed by atoms with Crippen LogP contribution >= 0.6 is 0 Å². The number of nitriles is 1. The van der Waals surface area contributed by atoms with Crippen molar-refractivity contribution >= 4 is 0 Å². The van der Waals surface area contributed by atoms with Crippen molar-refractivity contribution in [3.8, 4) is 6.07 Å². The van der Waals surface area contributed by atoms with Gasteiger partial charge in [-0.3, -0.25) is 4.98 Å². The quantitative estimate of drug-likeness (QED) is 0.820. The number of nitrogens with zero attached hydrogens (tertiary/aromatic N) is 3. The van der Waals surface area contributed by atoms with Crippen molar-refractivity contribution in [1.29, 1.82) is 5.26 Å². The van der Waals surface area contributed by atoms with E-state index in [4.69, 9.17) is 5.26 Å². The number of pyridine rings is 1. The number of aromatic nitrogens is 1. The third kappa shape index (κ3) is 3.90. The van der Waals surface area contributed by atoms with Gasteiger partial charge in [0.2, 0.25) is 0 Å². The Kier molecular flexibility index (Phi) is 4.66. The zero-order valence-electron chi connectivity index (χ0n) is 11.1. The van der Waals surface area contributed by atoms with E-state index in [2.05, 4.69) is 23.0 Å². The second-order valence-corrected chi connectivity index (χ2v) is 4.61. The smallest absolute Gasteiger partial charge is 0.0995 e. The van der Waals surface area contributed by atoms with Crippen molar-refractivity contribution in [1.82, 2.24) is 9.88 Å². The predicted molar refractivity (Wildman–Crippen MR) is 75.4 cm³/mol. The Labute approximate surface area is 114 Å². The number of benzene rings is 1. The largest absolute Gasteiger partial charge is 0.302 e. The highest BCUT2D eigenvalue weighted by atomic mass is 15.1. The maximum absolute atomic E-state index is 9.06. The van der Waals surface area contributed by atoms with E-state index in [-0.39, 0.29) is 0 Å². The van der Waals surface area contributed by atoms with Gasteiger partial charge in [-0.15, -0.1) is 0 Å². The highest BCUT2D eigenvalue weighted by molar-refractivity contribution is 5.37. The van der Waals surface area contributed by atoms with Crippen molar-refractivity contribution < 1.29 is 0 Å². The molecule has 0 saturated heterocycles. The molecule has 0 N–H and O–H groups in total. The lowest BCUT2D eigenvalue weighted by Crippen LogP contribution is -2.21. The van der Waals surface area contributed by atoms with Crippen LogP contribution < -0.4 is 0 Å². The molecule has 0 amide bonds. The van der Waals surface area contributed by atoms with Crippen LogP contribution in [0.25, 0.3) is 0 Å². The maximum atomic E-state index is 9.06. The first-order valence-electron chi connectivity index (χ1n) is 6.35. The molecule has 3 nitrogen and oxygen atoms in total. The Hall–Kier alpha value is -2.18. The Morgan fingerprint density at radius 2 is 1.89 bits per heavy atom. The van der Waals surface area contributed by atoms with Gasteiger partial charge in [-0.05, 0) is 42.8 Å². The fourth-order valence-corrected chi connectivity index (χ4v) is 2.01. The number of rotatable bonds is 5. The molecule has 0 bridgehead atoms. The van der Waals surface area contributed by atoms with E-state index < -0.39 is 0 Å². The zero-order valence-corrected chi connectivity index (χ0v) is 11.1. The fourth-order valence-electron chi connectivity index (χ4n) is 2.01. The monoisotopic (exact) mass is 251 g/mol. The van der Waals surface area contributed by atoms with Crippen LogP contribution in [0.3, 0.4) is 0 Å².